The molecule has 0 unspecified atom stereocenters. The Labute approximate surface area is 106 Å². The minimum Gasteiger partial charge on any atom is -0.455 e. The van der Waals surface area contributed by atoms with Crippen LogP contribution in [0.15, 0.2) is 24.3 Å². The van der Waals surface area contributed by atoms with E-state index in [2.05, 4.69) is 5.32 Å². The number of benzene rings is 1. The molecule has 0 aliphatic carbocycles. The van der Waals surface area contributed by atoms with Gasteiger partial charge in [0.15, 0.2) is 6.61 Å². The highest BCUT2D eigenvalue weighted by Crippen LogP contribution is 2.06. The van der Waals surface area contributed by atoms with Gasteiger partial charge < -0.3 is 15.8 Å². The minimum absolute atomic E-state index is 0.0355. The highest BCUT2D eigenvalue weighted by molar-refractivity contribution is 5.81. The van der Waals surface area contributed by atoms with Gasteiger partial charge in [-0.05, 0) is 31.5 Å². The third kappa shape index (κ3) is 5.34. The number of hydrogen-bond donors (Lipinski definition) is 2. The summed E-state index contributed by atoms with van der Waals surface area (Å²) < 4.78 is 4.86. The molecule has 5 heteroatoms. The van der Waals surface area contributed by atoms with E-state index in [4.69, 9.17) is 10.5 Å². The summed E-state index contributed by atoms with van der Waals surface area (Å²) in [5, 5.41) is 2.64. The van der Waals surface area contributed by atoms with Gasteiger partial charge in [-0.25, -0.2) is 0 Å². The molecule has 0 saturated heterocycles. The lowest BCUT2D eigenvalue weighted by molar-refractivity contribution is -0.148. The highest BCUT2D eigenvalue weighted by Gasteiger charge is 2.09. The van der Waals surface area contributed by atoms with Crippen LogP contribution in [0.25, 0.3) is 0 Å². The number of anilines is 1. The van der Waals surface area contributed by atoms with Gasteiger partial charge in [-0.3, -0.25) is 9.59 Å². The van der Waals surface area contributed by atoms with E-state index < -0.39 is 5.97 Å². The van der Waals surface area contributed by atoms with Crippen LogP contribution in [0, 0.1) is 0 Å². The second-order valence-electron chi connectivity index (χ2n) is 4.30. The molecule has 0 radical (unpaired) electrons. The van der Waals surface area contributed by atoms with Crippen molar-refractivity contribution in [1.82, 2.24) is 5.32 Å². The van der Waals surface area contributed by atoms with Crippen molar-refractivity contribution in [3.8, 4) is 0 Å². The fraction of sp³-hybridized carbons (Fsp3) is 0.385. The summed E-state index contributed by atoms with van der Waals surface area (Å²) in [6, 6.07) is 6.98. The quantitative estimate of drug-likeness (QED) is 0.600. The smallest absolute Gasteiger partial charge is 0.310 e. The predicted octanol–water partition coefficient (Wildman–Crippen LogP) is 0.879. The zero-order valence-electron chi connectivity index (χ0n) is 10.6. The Hall–Kier alpha value is -2.04. The van der Waals surface area contributed by atoms with Crippen molar-refractivity contribution >= 4 is 17.6 Å². The van der Waals surface area contributed by atoms with E-state index in [0.717, 1.165) is 5.56 Å². The van der Waals surface area contributed by atoms with E-state index in [1.165, 1.54) is 0 Å². The summed E-state index contributed by atoms with van der Waals surface area (Å²) in [6.07, 6.45) is 0.134. The van der Waals surface area contributed by atoms with Crippen molar-refractivity contribution in [3.05, 3.63) is 29.8 Å². The first-order chi connectivity index (χ1) is 8.47. The van der Waals surface area contributed by atoms with Crippen molar-refractivity contribution in [2.24, 2.45) is 0 Å². The molecule has 0 spiro atoms. The molecule has 1 aromatic carbocycles. The van der Waals surface area contributed by atoms with Crippen LogP contribution in [0.5, 0.6) is 0 Å². The average molecular weight is 250 g/mol. The number of nitrogens with one attached hydrogen (secondary N) is 1. The normalized spacial score (nSPS) is 10.2. The molecule has 0 fully saturated rings. The third-order valence-corrected chi connectivity index (χ3v) is 2.14. The van der Waals surface area contributed by atoms with E-state index in [9.17, 15) is 9.59 Å². The van der Waals surface area contributed by atoms with E-state index in [-0.39, 0.29) is 25.0 Å². The van der Waals surface area contributed by atoms with Crippen LogP contribution in [0.2, 0.25) is 0 Å². The van der Waals surface area contributed by atoms with Crippen molar-refractivity contribution in [3.63, 3.8) is 0 Å². The maximum Gasteiger partial charge on any atom is 0.310 e. The topological polar surface area (TPSA) is 81.4 Å². The number of amides is 1. The molecule has 98 valence electrons. The van der Waals surface area contributed by atoms with Gasteiger partial charge in [-0.15, -0.1) is 0 Å². The van der Waals surface area contributed by atoms with Gasteiger partial charge in [0, 0.05) is 11.7 Å². The third-order valence-electron chi connectivity index (χ3n) is 2.14. The van der Waals surface area contributed by atoms with E-state index >= 15 is 0 Å². The zero-order chi connectivity index (χ0) is 13.5. The average Bonchev–Trinajstić information content (AvgIpc) is 2.29. The van der Waals surface area contributed by atoms with Crippen LogP contribution in [0.4, 0.5) is 5.69 Å². The van der Waals surface area contributed by atoms with Crippen LogP contribution < -0.4 is 11.1 Å². The number of carbonyl (C=O) groups excluding carboxylic acids is 2. The molecule has 0 aliphatic rings. The summed E-state index contributed by atoms with van der Waals surface area (Å²) in [5.41, 5.74) is 6.98. The first-order valence-corrected chi connectivity index (χ1v) is 5.77. The molecule has 0 saturated carbocycles. The number of esters is 1. The Morgan fingerprint density at radius 3 is 2.44 bits per heavy atom. The molecule has 1 aromatic rings. The minimum atomic E-state index is -0.432. The predicted molar refractivity (Wildman–Crippen MR) is 68.8 cm³/mol. The second kappa shape index (κ2) is 6.64. The van der Waals surface area contributed by atoms with Gasteiger partial charge in [0.25, 0.3) is 5.91 Å². The number of carbonyl (C=O) groups is 2. The van der Waals surface area contributed by atoms with Crippen LogP contribution in [-0.2, 0) is 20.7 Å². The maximum atomic E-state index is 11.5. The number of nitrogen functional groups attached to an aromatic ring is 1. The molecular formula is C13H18N2O3. The van der Waals surface area contributed by atoms with Gasteiger partial charge in [0.05, 0.1) is 6.42 Å². The number of hydrogen-bond acceptors (Lipinski definition) is 4. The van der Waals surface area contributed by atoms with E-state index in [0.29, 0.717) is 5.69 Å². The first-order valence-electron chi connectivity index (χ1n) is 5.77. The van der Waals surface area contributed by atoms with Gasteiger partial charge in [-0.1, -0.05) is 12.1 Å². The number of nitrogens with two attached hydrogens (primary N) is 1. The molecule has 3 N–H and O–H groups in total. The van der Waals surface area contributed by atoms with Crippen LogP contribution in [-0.4, -0.2) is 24.5 Å². The van der Waals surface area contributed by atoms with Crippen LogP contribution in [0.1, 0.15) is 19.4 Å². The largest absolute Gasteiger partial charge is 0.455 e. The summed E-state index contributed by atoms with van der Waals surface area (Å²) in [5.74, 6) is -0.727. The van der Waals surface area contributed by atoms with Crippen LogP contribution in [0.3, 0.4) is 0 Å². The Balaban J connectivity index is 2.34. The first kappa shape index (κ1) is 14.0. The van der Waals surface area contributed by atoms with E-state index in [1.54, 1.807) is 24.3 Å². The van der Waals surface area contributed by atoms with Crippen molar-refractivity contribution < 1.29 is 14.3 Å². The lowest BCUT2D eigenvalue weighted by Gasteiger charge is -2.08. The van der Waals surface area contributed by atoms with Gasteiger partial charge in [0.2, 0.25) is 0 Å². The molecule has 0 heterocycles. The molecular weight excluding hydrogens is 232 g/mol. The molecule has 0 bridgehead atoms. The molecule has 1 rings (SSSR count). The standard InChI is InChI=1S/C13H18N2O3/c1-9(2)15-12(16)8-18-13(17)7-10-3-5-11(14)6-4-10/h3-6,9H,7-8,14H2,1-2H3,(H,15,16). The van der Waals surface area contributed by atoms with Crippen molar-refractivity contribution in [2.75, 3.05) is 12.3 Å². The number of rotatable bonds is 5. The SMILES string of the molecule is CC(C)NC(=O)COC(=O)Cc1ccc(N)cc1. The maximum absolute atomic E-state index is 11.5. The number of ether oxygens (including phenoxy) is 1. The highest BCUT2D eigenvalue weighted by atomic mass is 16.5. The van der Waals surface area contributed by atoms with Gasteiger partial charge in [-0.2, -0.15) is 0 Å². The molecule has 0 aromatic heterocycles. The fourth-order valence-electron chi connectivity index (χ4n) is 1.36. The van der Waals surface area contributed by atoms with E-state index in [1.807, 2.05) is 13.8 Å². The molecule has 0 aliphatic heterocycles. The molecule has 5 nitrogen and oxygen atoms in total. The summed E-state index contributed by atoms with van der Waals surface area (Å²) in [4.78, 5) is 22.7. The summed E-state index contributed by atoms with van der Waals surface area (Å²) in [6.45, 7) is 3.44. The van der Waals surface area contributed by atoms with Crippen molar-refractivity contribution in [2.45, 2.75) is 26.3 Å². The van der Waals surface area contributed by atoms with Crippen LogP contribution >= 0.6 is 0 Å². The Morgan fingerprint density at radius 1 is 1.28 bits per heavy atom. The lowest BCUT2D eigenvalue weighted by Crippen LogP contribution is -2.34. The van der Waals surface area contributed by atoms with Crippen molar-refractivity contribution in [1.29, 1.82) is 0 Å². The summed E-state index contributed by atoms with van der Waals surface area (Å²) >= 11 is 0. The Bertz CT molecular complexity index is 413. The second-order valence-corrected chi connectivity index (χ2v) is 4.30. The lowest BCUT2D eigenvalue weighted by atomic mass is 10.1. The fourth-order valence-corrected chi connectivity index (χ4v) is 1.36. The Morgan fingerprint density at radius 2 is 1.89 bits per heavy atom. The zero-order valence-corrected chi connectivity index (χ0v) is 10.6. The summed E-state index contributed by atoms with van der Waals surface area (Å²) in [7, 11) is 0. The molecule has 18 heavy (non-hydrogen) atoms. The van der Waals surface area contributed by atoms with Gasteiger partial charge in [0.1, 0.15) is 0 Å². The molecule has 1 amide bonds. The Kier molecular flexibility index (Phi) is 5.17. The van der Waals surface area contributed by atoms with Gasteiger partial charge >= 0.3 is 5.97 Å². The molecule has 0 atom stereocenters. The monoisotopic (exact) mass is 250 g/mol.